The third-order valence-corrected chi connectivity index (χ3v) is 3.41. The molecule has 2 nitrogen and oxygen atoms in total. The van der Waals surface area contributed by atoms with Crippen molar-refractivity contribution >= 4 is 11.5 Å². The van der Waals surface area contributed by atoms with Gasteiger partial charge in [-0.1, -0.05) is 36.4 Å². The quantitative estimate of drug-likeness (QED) is 0.657. The molecular weight excluding hydrogens is 198 g/mol. The largest absolute Gasteiger partial charge is 0.366 e. The van der Waals surface area contributed by atoms with E-state index < -0.39 is 0 Å². The van der Waals surface area contributed by atoms with Gasteiger partial charge in [-0.15, -0.1) is 0 Å². The van der Waals surface area contributed by atoms with Crippen LogP contribution in [-0.2, 0) is 0 Å². The molecule has 0 fully saturated rings. The van der Waals surface area contributed by atoms with Gasteiger partial charge in [0, 0.05) is 18.3 Å². The third-order valence-electron chi connectivity index (χ3n) is 3.41. The van der Waals surface area contributed by atoms with E-state index in [1.165, 1.54) is 0 Å². The molecule has 1 aromatic carbocycles. The summed E-state index contributed by atoms with van der Waals surface area (Å²) >= 11 is 0. The number of Topliss-reactive ketones (excluding diaryl/α,β-unsaturated/α-hetero) is 1. The molecule has 0 saturated carbocycles. The van der Waals surface area contributed by atoms with Crippen molar-refractivity contribution in [1.82, 2.24) is 0 Å². The predicted molar refractivity (Wildman–Crippen MR) is 64.7 cm³/mol. The smallest absolute Gasteiger partial charge is 0.174 e. The topological polar surface area (TPSA) is 20.3 Å². The summed E-state index contributed by atoms with van der Waals surface area (Å²) in [7, 11) is 2.05. The second kappa shape index (κ2) is 3.34. The lowest BCUT2D eigenvalue weighted by Gasteiger charge is -2.38. The second-order valence-corrected chi connectivity index (χ2v) is 4.28. The van der Waals surface area contributed by atoms with Crippen LogP contribution < -0.4 is 4.90 Å². The molecule has 0 bridgehead atoms. The number of rotatable bonds is 0. The number of allylic oxidation sites excluding steroid dienone is 2. The minimum absolute atomic E-state index is 0.0232. The Labute approximate surface area is 94.9 Å². The van der Waals surface area contributed by atoms with Gasteiger partial charge in [0.25, 0.3) is 0 Å². The predicted octanol–water partition coefficient (Wildman–Crippen LogP) is 2.43. The number of anilines is 1. The number of ketones is 1. The fourth-order valence-electron chi connectivity index (χ4n) is 2.54. The van der Waals surface area contributed by atoms with Crippen LogP contribution in [0.5, 0.6) is 0 Å². The highest BCUT2D eigenvalue weighted by Crippen LogP contribution is 2.34. The van der Waals surface area contributed by atoms with Gasteiger partial charge >= 0.3 is 0 Å². The van der Waals surface area contributed by atoms with E-state index in [-0.39, 0.29) is 17.7 Å². The fraction of sp³-hybridized carbons (Fsp3) is 0.214. The molecular formula is C14H13NO. The first-order chi connectivity index (χ1) is 7.79. The van der Waals surface area contributed by atoms with Gasteiger partial charge in [-0.05, 0) is 12.1 Å². The molecule has 1 aliphatic heterocycles. The summed E-state index contributed by atoms with van der Waals surface area (Å²) in [6.45, 7) is 0. The Morgan fingerprint density at radius 1 is 1.12 bits per heavy atom. The van der Waals surface area contributed by atoms with Crippen LogP contribution in [-0.4, -0.2) is 18.9 Å². The van der Waals surface area contributed by atoms with Crippen molar-refractivity contribution in [2.45, 2.75) is 6.04 Å². The second-order valence-electron chi connectivity index (χ2n) is 4.28. The van der Waals surface area contributed by atoms with Crippen LogP contribution in [0.1, 0.15) is 10.4 Å². The van der Waals surface area contributed by atoms with Crippen LogP contribution >= 0.6 is 0 Å². The monoisotopic (exact) mass is 211 g/mol. The van der Waals surface area contributed by atoms with E-state index in [9.17, 15) is 4.79 Å². The van der Waals surface area contributed by atoms with Crippen molar-refractivity contribution in [1.29, 1.82) is 0 Å². The number of para-hydroxylation sites is 1. The van der Waals surface area contributed by atoms with Crippen LogP contribution in [0.4, 0.5) is 5.69 Å². The van der Waals surface area contributed by atoms with Crippen molar-refractivity contribution in [2.24, 2.45) is 5.92 Å². The molecule has 0 aromatic heterocycles. The molecule has 2 heteroatoms. The van der Waals surface area contributed by atoms with E-state index in [0.29, 0.717) is 0 Å². The Morgan fingerprint density at radius 2 is 1.88 bits per heavy atom. The van der Waals surface area contributed by atoms with Gasteiger partial charge in [-0.3, -0.25) is 4.79 Å². The molecule has 0 unspecified atom stereocenters. The number of fused-ring (bicyclic) bond motifs is 2. The Kier molecular flexibility index (Phi) is 1.96. The zero-order chi connectivity index (χ0) is 11.1. The lowest BCUT2D eigenvalue weighted by Crippen LogP contribution is -2.45. The highest BCUT2D eigenvalue weighted by atomic mass is 16.1. The summed E-state index contributed by atoms with van der Waals surface area (Å²) in [5, 5.41) is 0. The minimum atomic E-state index is -0.0232. The average Bonchev–Trinajstić information content (AvgIpc) is 2.36. The van der Waals surface area contributed by atoms with E-state index in [4.69, 9.17) is 0 Å². The van der Waals surface area contributed by atoms with Crippen LogP contribution in [0, 0.1) is 5.92 Å². The molecule has 16 heavy (non-hydrogen) atoms. The molecule has 1 aliphatic carbocycles. The van der Waals surface area contributed by atoms with Crippen molar-refractivity contribution < 1.29 is 4.79 Å². The normalized spacial score (nSPS) is 26.6. The standard InChI is InChI=1S/C14H13NO/c1-15-12-8-4-2-6-10(12)14(16)11-7-3-5-9-13(11)15/h2-10,12H,1H3/t10-,12+/m0/s1. The fourth-order valence-corrected chi connectivity index (χ4v) is 2.54. The van der Waals surface area contributed by atoms with Gasteiger partial charge in [0.1, 0.15) is 0 Å². The van der Waals surface area contributed by atoms with E-state index in [0.717, 1.165) is 11.3 Å². The highest BCUT2D eigenvalue weighted by Gasteiger charge is 2.36. The first-order valence-corrected chi connectivity index (χ1v) is 5.50. The molecule has 2 aliphatic rings. The Balaban J connectivity index is 2.17. The van der Waals surface area contributed by atoms with Crippen LogP contribution in [0.25, 0.3) is 0 Å². The summed E-state index contributed by atoms with van der Waals surface area (Å²) in [5.74, 6) is 0.212. The van der Waals surface area contributed by atoms with Crippen molar-refractivity contribution in [2.75, 3.05) is 11.9 Å². The molecule has 1 heterocycles. The van der Waals surface area contributed by atoms with Crippen LogP contribution in [0.2, 0.25) is 0 Å². The van der Waals surface area contributed by atoms with Gasteiger partial charge in [-0.25, -0.2) is 0 Å². The first kappa shape index (κ1) is 9.40. The van der Waals surface area contributed by atoms with Gasteiger partial charge in [0.2, 0.25) is 0 Å². The molecule has 3 rings (SSSR count). The summed E-state index contributed by atoms with van der Waals surface area (Å²) < 4.78 is 0. The summed E-state index contributed by atoms with van der Waals surface area (Å²) in [5.41, 5.74) is 1.87. The molecule has 0 amide bonds. The Morgan fingerprint density at radius 3 is 2.75 bits per heavy atom. The zero-order valence-electron chi connectivity index (χ0n) is 9.13. The number of carbonyl (C=O) groups excluding carboxylic acids is 1. The van der Waals surface area contributed by atoms with E-state index in [2.05, 4.69) is 11.0 Å². The minimum Gasteiger partial charge on any atom is -0.366 e. The lowest BCUT2D eigenvalue weighted by atomic mass is 9.82. The van der Waals surface area contributed by atoms with Crippen LogP contribution in [0.3, 0.4) is 0 Å². The van der Waals surface area contributed by atoms with Crippen LogP contribution in [0.15, 0.2) is 48.6 Å². The first-order valence-electron chi connectivity index (χ1n) is 5.50. The molecule has 0 radical (unpaired) electrons. The van der Waals surface area contributed by atoms with E-state index >= 15 is 0 Å². The van der Waals surface area contributed by atoms with E-state index in [1.807, 2.05) is 49.5 Å². The van der Waals surface area contributed by atoms with Crippen molar-refractivity contribution in [3.05, 3.63) is 54.1 Å². The van der Waals surface area contributed by atoms with Gasteiger partial charge in [0.05, 0.1) is 12.0 Å². The molecule has 0 N–H and O–H groups in total. The maximum atomic E-state index is 12.3. The maximum absolute atomic E-state index is 12.3. The zero-order valence-corrected chi connectivity index (χ0v) is 9.13. The number of nitrogens with zero attached hydrogens (tertiary/aromatic N) is 1. The molecule has 80 valence electrons. The number of carbonyl (C=O) groups is 1. The van der Waals surface area contributed by atoms with Gasteiger partial charge in [0.15, 0.2) is 5.78 Å². The van der Waals surface area contributed by atoms with Crippen molar-refractivity contribution in [3.63, 3.8) is 0 Å². The SMILES string of the molecule is CN1c2ccccc2C(=O)[C@H]2C=CC=C[C@H]21. The Hall–Kier alpha value is -1.83. The highest BCUT2D eigenvalue weighted by molar-refractivity contribution is 6.06. The average molecular weight is 211 g/mol. The number of benzene rings is 1. The van der Waals surface area contributed by atoms with Gasteiger partial charge in [-0.2, -0.15) is 0 Å². The number of hydrogen-bond donors (Lipinski definition) is 0. The van der Waals surface area contributed by atoms with E-state index in [1.54, 1.807) is 0 Å². The molecule has 1 aromatic rings. The molecule has 0 spiro atoms. The lowest BCUT2D eigenvalue weighted by molar-refractivity contribution is 0.0929. The Bertz CT molecular complexity index is 501. The summed E-state index contributed by atoms with van der Waals surface area (Å²) in [6.07, 6.45) is 8.07. The maximum Gasteiger partial charge on any atom is 0.174 e. The molecule has 0 saturated heterocycles. The number of likely N-dealkylation sites (N-methyl/N-ethyl adjacent to an activating group) is 1. The van der Waals surface area contributed by atoms with Gasteiger partial charge < -0.3 is 4.90 Å². The van der Waals surface area contributed by atoms with Crippen molar-refractivity contribution in [3.8, 4) is 0 Å². The summed E-state index contributed by atoms with van der Waals surface area (Å²) in [4.78, 5) is 14.5. The summed E-state index contributed by atoms with van der Waals surface area (Å²) in [6, 6.07) is 8.00. The molecule has 2 atom stereocenters. The third kappa shape index (κ3) is 1.16. The number of hydrogen-bond acceptors (Lipinski definition) is 2.